The van der Waals surface area contributed by atoms with Gasteiger partial charge in [0.05, 0.1) is 5.56 Å². The lowest BCUT2D eigenvalue weighted by Gasteiger charge is -2.15. The first-order chi connectivity index (χ1) is 8.21. The van der Waals surface area contributed by atoms with Crippen LogP contribution in [0, 0.1) is 11.7 Å². The van der Waals surface area contributed by atoms with E-state index >= 15 is 0 Å². The maximum atomic E-state index is 13.3. The molecule has 0 aliphatic carbocycles. The fourth-order valence-electron chi connectivity index (χ4n) is 1.67. The van der Waals surface area contributed by atoms with Crippen LogP contribution in [0.4, 0.5) is 17.6 Å². The molecule has 1 rings (SSSR count). The fraction of sp³-hybridized carbons (Fsp3) is 0.538. The largest absolute Gasteiger partial charge is 0.419 e. The first-order valence-electron chi connectivity index (χ1n) is 5.84. The van der Waals surface area contributed by atoms with Crippen LogP contribution in [0.1, 0.15) is 43.9 Å². The molecule has 0 bridgehead atoms. The zero-order chi connectivity index (χ0) is 13.9. The van der Waals surface area contributed by atoms with Crippen molar-refractivity contribution in [3.05, 3.63) is 35.1 Å². The van der Waals surface area contributed by atoms with Gasteiger partial charge < -0.3 is 5.73 Å². The summed E-state index contributed by atoms with van der Waals surface area (Å²) in [7, 11) is 0. The first kappa shape index (κ1) is 18.2. The lowest BCUT2D eigenvalue weighted by Crippen LogP contribution is -2.14. The van der Waals surface area contributed by atoms with E-state index in [2.05, 4.69) is 0 Å². The van der Waals surface area contributed by atoms with Crippen LogP contribution >= 0.6 is 12.4 Å². The van der Waals surface area contributed by atoms with Gasteiger partial charge in [-0.15, -0.1) is 12.4 Å². The predicted octanol–water partition coefficient (Wildman–Crippen LogP) is 4.70. The molecule has 0 unspecified atom stereocenters. The van der Waals surface area contributed by atoms with Crippen molar-refractivity contribution < 1.29 is 17.6 Å². The lowest BCUT2D eigenvalue weighted by molar-refractivity contribution is -0.140. The summed E-state index contributed by atoms with van der Waals surface area (Å²) in [5.41, 5.74) is 4.98. The summed E-state index contributed by atoms with van der Waals surface area (Å²) >= 11 is 0. The maximum Gasteiger partial charge on any atom is 0.419 e. The van der Waals surface area contributed by atoms with Crippen molar-refractivity contribution in [2.24, 2.45) is 11.7 Å². The van der Waals surface area contributed by atoms with E-state index < -0.39 is 23.6 Å². The molecule has 110 valence electrons. The molecule has 0 saturated carbocycles. The van der Waals surface area contributed by atoms with Crippen LogP contribution in [-0.2, 0) is 6.18 Å². The van der Waals surface area contributed by atoms with Crippen molar-refractivity contribution in [1.29, 1.82) is 0 Å². The standard InChI is InChI=1S/C13H17F4N.ClH/c1-8(2)3-6-12(18)9-4-5-10(11(14)7-9)13(15,16)17;/h4-5,7-8,12H,3,6,18H2,1-2H3;1H/t12-;/m0./s1. The Hall–Kier alpha value is -0.810. The van der Waals surface area contributed by atoms with E-state index in [1.165, 1.54) is 6.07 Å². The Labute approximate surface area is 116 Å². The van der Waals surface area contributed by atoms with Gasteiger partial charge in [0, 0.05) is 6.04 Å². The zero-order valence-electron chi connectivity index (χ0n) is 10.8. The number of hydrogen-bond acceptors (Lipinski definition) is 1. The molecule has 6 heteroatoms. The third kappa shape index (κ3) is 5.37. The highest BCUT2D eigenvalue weighted by atomic mass is 35.5. The summed E-state index contributed by atoms with van der Waals surface area (Å²) in [5.74, 6) is -0.810. The molecule has 0 aliphatic rings. The molecule has 1 atom stereocenters. The zero-order valence-corrected chi connectivity index (χ0v) is 11.6. The lowest BCUT2D eigenvalue weighted by atomic mass is 9.97. The first-order valence-corrected chi connectivity index (χ1v) is 5.84. The minimum absolute atomic E-state index is 0. The van der Waals surface area contributed by atoms with Crippen molar-refractivity contribution in [1.82, 2.24) is 0 Å². The summed E-state index contributed by atoms with van der Waals surface area (Å²) in [6.07, 6.45) is -3.18. The highest BCUT2D eigenvalue weighted by Gasteiger charge is 2.34. The van der Waals surface area contributed by atoms with Gasteiger partial charge in [0.1, 0.15) is 5.82 Å². The molecule has 0 saturated heterocycles. The molecule has 0 aromatic heterocycles. The quantitative estimate of drug-likeness (QED) is 0.801. The molecule has 1 aromatic carbocycles. The van der Waals surface area contributed by atoms with Gasteiger partial charge in [0.2, 0.25) is 0 Å². The van der Waals surface area contributed by atoms with Crippen LogP contribution in [0.3, 0.4) is 0 Å². The van der Waals surface area contributed by atoms with Crippen molar-refractivity contribution >= 4 is 12.4 Å². The summed E-state index contributed by atoms with van der Waals surface area (Å²) in [5, 5.41) is 0. The molecular weight excluding hydrogens is 282 g/mol. The third-order valence-electron chi connectivity index (χ3n) is 2.78. The smallest absolute Gasteiger partial charge is 0.324 e. The van der Waals surface area contributed by atoms with E-state index in [0.29, 0.717) is 17.9 Å². The summed E-state index contributed by atoms with van der Waals surface area (Å²) < 4.78 is 50.4. The van der Waals surface area contributed by atoms with Gasteiger partial charge >= 0.3 is 6.18 Å². The average molecular weight is 300 g/mol. The van der Waals surface area contributed by atoms with E-state index in [1.807, 2.05) is 13.8 Å². The highest BCUT2D eigenvalue weighted by Crippen LogP contribution is 2.32. The molecule has 0 amide bonds. The third-order valence-corrected chi connectivity index (χ3v) is 2.78. The SMILES string of the molecule is CC(C)CC[C@H](N)c1ccc(C(F)(F)F)c(F)c1.Cl. The minimum atomic E-state index is -4.66. The number of alkyl halides is 3. The number of hydrogen-bond donors (Lipinski definition) is 1. The van der Waals surface area contributed by atoms with Crippen LogP contribution in [0.2, 0.25) is 0 Å². The summed E-state index contributed by atoms with van der Waals surface area (Å²) in [4.78, 5) is 0. The number of halogens is 5. The van der Waals surface area contributed by atoms with Crippen LogP contribution in [-0.4, -0.2) is 0 Å². The number of rotatable bonds is 4. The normalized spacial score (nSPS) is 13.3. The second kappa shape index (κ2) is 7.10. The molecule has 0 heterocycles. The minimum Gasteiger partial charge on any atom is -0.324 e. The van der Waals surface area contributed by atoms with E-state index in [9.17, 15) is 17.6 Å². The molecular formula is C13H18ClF4N. The van der Waals surface area contributed by atoms with Crippen LogP contribution in [0.25, 0.3) is 0 Å². The molecule has 1 aromatic rings. The monoisotopic (exact) mass is 299 g/mol. The summed E-state index contributed by atoms with van der Waals surface area (Å²) in [6.45, 7) is 4.06. The van der Waals surface area contributed by atoms with Gasteiger partial charge in [-0.25, -0.2) is 4.39 Å². The van der Waals surface area contributed by atoms with Crippen molar-refractivity contribution in [2.75, 3.05) is 0 Å². The summed E-state index contributed by atoms with van der Waals surface area (Å²) in [6, 6.07) is 2.45. The van der Waals surface area contributed by atoms with Crippen molar-refractivity contribution in [3.8, 4) is 0 Å². The van der Waals surface area contributed by atoms with Crippen LogP contribution < -0.4 is 5.73 Å². The van der Waals surface area contributed by atoms with Crippen molar-refractivity contribution in [3.63, 3.8) is 0 Å². The van der Waals surface area contributed by atoms with Gasteiger partial charge in [-0.1, -0.05) is 19.9 Å². The fourth-order valence-corrected chi connectivity index (χ4v) is 1.67. The Morgan fingerprint density at radius 1 is 1.16 bits per heavy atom. The van der Waals surface area contributed by atoms with Gasteiger partial charge in [-0.3, -0.25) is 0 Å². The van der Waals surface area contributed by atoms with Gasteiger partial charge in [-0.05, 0) is 36.5 Å². The predicted molar refractivity (Wildman–Crippen MR) is 69.7 cm³/mol. The topological polar surface area (TPSA) is 26.0 Å². The van der Waals surface area contributed by atoms with Crippen LogP contribution in [0.15, 0.2) is 18.2 Å². The second-order valence-corrected chi connectivity index (χ2v) is 4.81. The van der Waals surface area contributed by atoms with E-state index in [1.54, 1.807) is 0 Å². The van der Waals surface area contributed by atoms with Gasteiger partial charge in [0.25, 0.3) is 0 Å². The van der Waals surface area contributed by atoms with Gasteiger partial charge in [0.15, 0.2) is 0 Å². The number of benzene rings is 1. The molecule has 0 fully saturated rings. The van der Waals surface area contributed by atoms with Crippen molar-refractivity contribution in [2.45, 2.75) is 38.9 Å². The number of nitrogens with two attached hydrogens (primary N) is 1. The Morgan fingerprint density at radius 2 is 1.74 bits per heavy atom. The molecule has 0 spiro atoms. The molecule has 1 nitrogen and oxygen atoms in total. The second-order valence-electron chi connectivity index (χ2n) is 4.81. The maximum absolute atomic E-state index is 13.3. The Kier molecular flexibility index (Phi) is 6.80. The van der Waals surface area contributed by atoms with Crippen LogP contribution in [0.5, 0.6) is 0 Å². The van der Waals surface area contributed by atoms with E-state index in [0.717, 1.165) is 18.6 Å². The average Bonchev–Trinajstić information content (AvgIpc) is 2.23. The Bertz CT molecular complexity index is 404. The Morgan fingerprint density at radius 3 is 2.16 bits per heavy atom. The van der Waals surface area contributed by atoms with E-state index in [-0.39, 0.29) is 12.4 Å². The highest BCUT2D eigenvalue weighted by molar-refractivity contribution is 5.85. The molecule has 0 radical (unpaired) electrons. The molecule has 2 N–H and O–H groups in total. The van der Waals surface area contributed by atoms with E-state index in [4.69, 9.17) is 5.73 Å². The van der Waals surface area contributed by atoms with Gasteiger partial charge in [-0.2, -0.15) is 13.2 Å². The molecule has 0 aliphatic heterocycles. The Balaban J connectivity index is 0.00000324. The molecule has 19 heavy (non-hydrogen) atoms.